The van der Waals surface area contributed by atoms with Crippen molar-refractivity contribution < 1.29 is 9.53 Å². The zero-order valence-electron chi connectivity index (χ0n) is 10.9. The van der Waals surface area contributed by atoms with Crippen LogP contribution in [0.4, 0.5) is 4.79 Å². The van der Waals surface area contributed by atoms with Crippen LogP contribution in [0.25, 0.3) is 0 Å². The number of ether oxygens (including phenoxy) is 1. The van der Waals surface area contributed by atoms with Gasteiger partial charge in [0.25, 0.3) is 0 Å². The van der Waals surface area contributed by atoms with Gasteiger partial charge >= 0.3 is 6.09 Å². The van der Waals surface area contributed by atoms with Crippen LogP contribution in [0.3, 0.4) is 0 Å². The van der Waals surface area contributed by atoms with Crippen LogP contribution in [0.15, 0.2) is 0 Å². The second-order valence-electron chi connectivity index (χ2n) is 4.95. The average molecular weight is 228 g/mol. The molecule has 0 atom stereocenters. The molecule has 0 fully saturated rings. The van der Waals surface area contributed by atoms with Crippen LogP contribution >= 0.6 is 0 Å². The van der Waals surface area contributed by atoms with E-state index in [9.17, 15) is 4.79 Å². The quantitative estimate of drug-likeness (QED) is 0.431. The van der Waals surface area contributed by atoms with E-state index < -0.39 is 6.09 Å². The van der Waals surface area contributed by atoms with Crippen LogP contribution in [0, 0.1) is 10.8 Å². The third kappa shape index (κ3) is 7.26. The summed E-state index contributed by atoms with van der Waals surface area (Å²) >= 11 is 0. The van der Waals surface area contributed by atoms with Gasteiger partial charge in [-0.3, -0.25) is 10.7 Å². The van der Waals surface area contributed by atoms with E-state index in [1.165, 1.54) is 12.8 Å². The molecule has 0 saturated carbocycles. The highest BCUT2D eigenvalue weighted by Crippen LogP contribution is 2.12. The van der Waals surface area contributed by atoms with Gasteiger partial charge in [-0.2, -0.15) is 0 Å². The molecule has 0 bridgehead atoms. The number of hydrogen-bond acceptors (Lipinski definition) is 3. The molecule has 0 aromatic rings. The third-order valence-electron chi connectivity index (χ3n) is 2.21. The van der Waals surface area contributed by atoms with Gasteiger partial charge in [0.1, 0.15) is 5.84 Å². The van der Waals surface area contributed by atoms with E-state index in [4.69, 9.17) is 10.1 Å². The van der Waals surface area contributed by atoms with Gasteiger partial charge in [-0.15, -0.1) is 0 Å². The number of unbranched alkanes of at least 4 members (excludes halogenated alkanes) is 3. The predicted molar refractivity (Wildman–Crippen MR) is 65.8 cm³/mol. The average Bonchev–Trinajstić information content (AvgIpc) is 2.16. The number of carbonyl (C=O) groups is 1. The first-order valence-electron chi connectivity index (χ1n) is 5.90. The van der Waals surface area contributed by atoms with Crippen LogP contribution in [-0.4, -0.2) is 18.5 Å². The maximum Gasteiger partial charge on any atom is 0.412 e. The largest absolute Gasteiger partial charge is 0.449 e. The monoisotopic (exact) mass is 228 g/mol. The lowest BCUT2D eigenvalue weighted by Gasteiger charge is -2.19. The maximum atomic E-state index is 11.3. The van der Waals surface area contributed by atoms with E-state index in [1.54, 1.807) is 0 Å². The molecular weight excluding hydrogens is 204 g/mol. The van der Waals surface area contributed by atoms with Gasteiger partial charge in [0, 0.05) is 5.41 Å². The number of alkyl carbamates (subject to hydrolysis) is 1. The van der Waals surface area contributed by atoms with Crippen molar-refractivity contribution in [2.75, 3.05) is 6.61 Å². The Labute approximate surface area is 98.3 Å². The minimum atomic E-state index is -0.517. The van der Waals surface area contributed by atoms with Crippen LogP contribution in [-0.2, 0) is 4.74 Å². The van der Waals surface area contributed by atoms with Crippen LogP contribution in [0.2, 0.25) is 0 Å². The van der Waals surface area contributed by atoms with Crippen molar-refractivity contribution in [2.24, 2.45) is 5.41 Å². The number of hydrogen-bond donors (Lipinski definition) is 2. The van der Waals surface area contributed by atoms with Gasteiger partial charge < -0.3 is 4.74 Å². The first-order valence-corrected chi connectivity index (χ1v) is 5.90. The second-order valence-corrected chi connectivity index (χ2v) is 4.95. The van der Waals surface area contributed by atoms with Crippen molar-refractivity contribution in [3.8, 4) is 0 Å². The van der Waals surface area contributed by atoms with Crippen molar-refractivity contribution in [2.45, 2.75) is 53.4 Å². The summed E-state index contributed by atoms with van der Waals surface area (Å²) in [5.41, 5.74) is -0.346. The third-order valence-corrected chi connectivity index (χ3v) is 2.21. The highest BCUT2D eigenvalue weighted by atomic mass is 16.5. The molecular formula is C12H24N2O2. The summed E-state index contributed by atoms with van der Waals surface area (Å²) in [6.45, 7) is 8.19. The molecule has 0 aliphatic carbocycles. The molecule has 0 spiro atoms. The lowest BCUT2D eigenvalue weighted by Crippen LogP contribution is -2.38. The summed E-state index contributed by atoms with van der Waals surface area (Å²) in [5.74, 6) is 0.186. The van der Waals surface area contributed by atoms with Gasteiger partial charge in [-0.05, 0) is 6.42 Å². The zero-order valence-corrected chi connectivity index (χ0v) is 10.9. The van der Waals surface area contributed by atoms with Crippen LogP contribution in [0.1, 0.15) is 53.4 Å². The first kappa shape index (κ1) is 14.9. The Morgan fingerprint density at radius 1 is 1.25 bits per heavy atom. The lowest BCUT2D eigenvalue weighted by molar-refractivity contribution is 0.148. The number of carbonyl (C=O) groups excluding carboxylic acids is 1. The lowest BCUT2D eigenvalue weighted by atomic mass is 9.95. The second kappa shape index (κ2) is 7.25. The minimum Gasteiger partial charge on any atom is -0.449 e. The molecule has 94 valence electrons. The summed E-state index contributed by atoms with van der Waals surface area (Å²) < 4.78 is 4.96. The fourth-order valence-corrected chi connectivity index (χ4v) is 1.02. The molecule has 0 aliphatic heterocycles. The number of amides is 1. The topological polar surface area (TPSA) is 62.2 Å². The van der Waals surface area contributed by atoms with E-state index >= 15 is 0 Å². The Balaban J connectivity index is 3.63. The molecule has 4 nitrogen and oxygen atoms in total. The van der Waals surface area contributed by atoms with E-state index in [0.29, 0.717) is 6.61 Å². The van der Waals surface area contributed by atoms with Gasteiger partial charge in [0.2, 0.25) is 0 Å². The van der Waals surface area contributed by atoms with E-state index in [0.717, 1.165) is 12.8 Å². The number of nitrogens with one attached hydrogen (secondary N) is 2. The molecule has 0 aromatic heterocycles. The van der Waals surface area contributed by atoms with Gasteiger partial charge in [0.05, 0.1) is 6.61 Å². The molecule has 0 radical (unpaired) electrons. The van der Waals surface area contributed by atoms with E-state index in [1.807, 2.05) is 20.8 Å². The van der Waals surface area contributed by atoms with Crippen molar-refractivity contribution in [1.29, 1.82) is 5.41 Å². The summed E-state index contributed by atoms with van der Waals surface area (Å²) in [6.07, 6.45) is 3.80. The normalized spacial score (nSPS) is 11.0. The highest BCUT2D eigenvalue weighted by molar-refractivity contribution is 5.96. The van der Waals surface area contributed by atoms with Gasteiger partial charge in [-0.1, -0.05) is 47.0 Å². The predicted octanol–water partition coefficient (Wildman–Crippen LogP) is 3.32. The molecule has 0 heterocycles. The molecule has 2 N–H and O–H groups in total. The Bertz CT molecular complexity index is 232. The number of rotatable bonds is 5. The summed E-state index contributed by atoms with van der Waals surface area (Å²) in [5, 5.41) is 10.0. The van der Waals surface area contributed by atoms with Gasteiger partial charge in [0.15, 0.2) is 0 Å². The molecule has 0 unspecified atom stereocenters. The van der Waals surface area contributed by atoms with E-state index in [2.05, 4.69) is 12.2 Å². The Kier molecular flexibility index (Phi) is 6.77. The molecule has 0 rings (SSSR count). The first-order chi connectivity index (χ1) is 7.38. The zero-order chi connectivity index (χ0) is 12.6. The van der Waals surface area contributed by atoms with Gasteiger partial charge in [-0.25, -0.2) is 4.79 Å². The van der Waals surface area contributed by atoms with Crippen molar-refractivity contribution >= 4 is 11.9 Å². The highest BCUT2D eigenvalue weighted by Gasteiger charge is 2.19. The summed E-state index contributed by atoms with van der Waals surface area (Å²) in [6, 6.07) is 0. The van der Waals surface area contributed by atoms with Crippen molar-refractivity contribution in [3.05, 3.63) is 0 Å². The Morgan fingerprint density at radius 3 is 2.38 bits per heavy atom. The summed E-state index contributed by atoms with van der Waals surface area (Å²) in [4.78, 5) is 11.3. The number of amidine groups is 1. The molecule has 0 aliphatic rings. The minimum absolute atomic E-state index is 0.186. The SMILES string of the molecule is CCCCCCOC(=O)NC(=N)C(C)(C)C. The Morgan fingerprint density at radius 2 is 1.88 bits per heavy atom. The molecule has 0 saturated heterocycles. The Hall–Kier alpha value is -1.06. The van der Waals surface area contributed by atoms with Crippen molar-refractivity contribution in [3.63, 3.8) is 0 Å². The molecule has 0 aromatic carbocycles. The maximum absolute atomic E-state index is 11.3. The van der Waals surface area contributed by atoms with Crippen LogP contribution in [0.5, 0.6) is 0 Å². The summed E-state index contributed by atoms with van der Waals surface area (Å²) in [7, 11) is 0. The fourth-order valence-electron chi connectivity index (χ4n) is 1.02. The van der Waals surface area contributed by atoms with Crippen molar-refractivity contribution in [1.82, 2.24) is 5.32 Å². The standard InChI is InChI=1S/C12H24N2O2/c1-5-6-7-8-9-16-11(15)14-10(13)12(2,3)4/h5-9H2,1-4H3,(H2,13,14,15). The molecule has 16 heavy (non-hydrogen) atoms. The van der Waals surface area contributed by atoms with E-state index in [-0.39, 0.29) is 11.3 Å². The smallest absolute Gasteiger partial charge is 0.412 e. The molecule has 4 heteroatoms. The molecule has 1 amide bonds. The fraction of sp³-hybridized carbons (Fsp3) is 0.833. The van der Waals surface area contributed by atoms with Crippen LogP contribution < -0.4 is 5.32 Å².